The summed E-state index contributed by atoms with van der Waals surface area (Å²) in [7, 11) is 4.18. The molecule has 2 N–H and O–H groups in total. The Morgan fingerprint density at radius 2 is 1.65 bits per heavy atom. The lowest BCUT2D eigenvalue weighted by Crippen LogP contribution is -2.05. The molecular formula is C16H14O7. The number of hydrogen-bond donors (Lipinski definition) is 2. The minimum absolute atomic E-state index is 0.0258. The van der Waals surface area contributed by atoms with Crippen molar-refractivity contribution in [2.45, 2.75) is 0 Å². The fourth-order valence-corrected chi connectivity index (χ4v) is 2.50. The van der Waals surface area contributed by atoms with E-state index in [9.17, 15) is 15.0 Å². The van der Waals surface area contributed by atoms with E-state index in [1.165, 1.54) is 33.5 Å². The number of rotatable bonds is 3. The highest BCUT2D eigenvalue weighted by molar-refractivity contribution is 5.99. The fourth-order valence-electron chi connectivity index (χ4n) is 2.50. The Morgan fingerprint density at radius 3 is 2.26 bits per heavy atom. The van der Waals surface area contributed by atoms with Crippen LogP contribution in [0.25, 0.3) is 21.9 Å². The summed E-state index contributed by atoms with van der Waals surface area (Å²) in [5.41, 5.74) is -0.564. The quantitative estimate of drug-likeness (QED) is 0.565. The molecule has 1 aromatic heterocycles. The Morgan fingerprint density at radius 1 is 0.957 bits per heavy atom. The van der Waals surface area contributed by atoms with Gasteiger partial charge in [-0.25, -0.2) is 0 Å². The zero-order valence-corrected chi connectivity index (χ0v) is 12.7. The topological polar surface area (TPSA) is 98.4 Å². The van der Waals surface area contributed by atoms with Crippen molar-refractivity contribution >= 4 is 21.9 Å². The first kappa shape index (κ1) is 14.8. The first-order valence-corrected chi connectivity index (χ1v) is 6.63. The van der Waals surface area contributed by atoms with Gasteiger partial charge >= 0.3 is 0 Å². The molecular weight excluding hydrogens is 304 g/mol. The Balaban J connectivity index is 2.57. The summed E-state index contributed by atoms with van der Waals surface area (Å²) < 4.78 is 21.0. The van der Waals surface area contributed by atoms with Gasteiger partial charge in [-0.15, -0.1) is 0 Å². The highest BCUT2D eigenvalue weighted by Crippen LogP contribution is 2.42. The van der Waals surface area contributed by atoms with Crippen LogP contribution >= 0.6 is 0 Å². The van der Waals surface area contributed by atoms with Gasteiger partial charge in [0.1, 0.15) is 5.39 Å². The lowest BCUT2D eigenvalue weighted by molar-refractivity contribution is 0.353. The van der Waals surface area contributed by atoms with Gasteiger partial charge in [0.25, 0.3) is 0 Å². The summed E-state index contributed by atoms with van der Waals surface area (Å²) in [6.45, 7) is 0. The highest BCUT2D eigenvalue weighted by Gasteiger charge is 2.22. The summed E-state index contributed by atoms with van der Waals surface area (Å²) in [6, 6.07) is 4.22. The monoisotopic (exact) mass is 318 g/mol. The molecule has 7 nitrogen and oxygen atoms in total. The van der Waals surface area contributed by atoms with Crippen LogP contribution in [0.4, 0.5) is 0 Å². The van der Waals surface area contributed by atoms with Crippen molar-refractivity contribution in [3.63, 3.8) is 0 Å². The Bertz CT molecular complexity index is 972. The molecule has 3 aromatic rings. The van der Waals surface area contributed by atoms with Crippen LogP contribution in [-0.4, -0.2) is 31.5 Å². The molecule has 0 saturated heterocycles. The smallest absolute Gasteiger partial charge is 0.204 e. The van der Waals surface area contributed by atoms with E-state index >= 15 is 0 Å². The lowest BCUT2D eigenvalue weighted by atomic mass is 10.1. The van der Waals surface area contributed by atoms with Crippen LogP contribution in [0.2, 0.25) is 0 Å². The van der Waals surface area contributed by atoms with E-state index in [0.29, 0.717) is 5.75 Å². The number of benzene rings is 2. The molecule has 0 bridgehead atoms. The third kappa shape index (κ3) is 2.01. The molecule has 0 atom stereocenters. The maximum atomic E-state index is 12.7. The molecule has 0 amide bonds. The van der Waals surface area contributed by atoms with Crippen molar-refractivity contribution in [1.29, 1.82) is 0 Å². The molecule has 0 spiro atoms. The summed E-state index contributed by atoms with van der Waals surface area (Å²) >= 11 is 0. The molecule has 0 unspecified atom stereocenters. The van der Waals surface area contributed by atoms with Crippen molar-refractivity contribution in [2.24, 2.45) is 0 Å². The number of phenols is 2. The van der Waals surface area contributed by atoms with Gasteiger partial charge in [-0.1, -0.05) is 0 Å². The molecule has 3 rings (SSSR count). The molecule has 23 heavy (non-hydrogen) atoms. The zero-order valence-electron chi connectivity index (χ0n) is 12.7. The number of ether oxygens (including phenoxy) is 3. The average Bonchev–Trinajstić information content (AvgIpc) is 2.56. The van der Waals surface area contributed by atoms with Gasteiger partial charge in [-0.2, -0.15) is 0 Å². The number of hydrogen-bond acceptors (Lipinski definition) is 7. The Labute approximate surface area is 130 Å². The molecule has 0 aliphatic rings. The van der Waals surface area contributed by atoms with E-state index in [0.717, 1.165) is 0 Å². The van der Waals surface area contributed by atoms with Crippen LogP contribution < -0.4 is 19.6 Å². The van der Waals surface area contributed by atoms with E-state index in [1.54, 1.807) is 6.07 Å². The van der Waals surface area contributed by atoms with Crippen LogP contribution in [0.3, 0.4) is 0 Å². The third-order valence-corrected chi connectivity index (χ3v) is 3.59. The van der Waals surface area contributed by atoms with Crippen LogP contribution in [0.5, 0.6) is 28.7 Å². The van der Waals surface area contributed by atoms with Crippen LogP contribution in [0, 0.1) is 0 Å². The molecule has 0 aliphatic heterocycles. The standard InChI is InChI=1S/C16H14O7/c1-20-9-5-4-7-12(18)11-13(19)10(21-2)6-8(17)15(11)23-14(7)16(9)22-3/h4-6,17,19H,1-3H3. The predicted octanol–water partition coefficient (Wildman–Crippen LogP) is 2.38. The van der Waals surface area contributed by atoms with Crippen LogP contribution in [-0.2, 0) is 0 Å². The molecule has 7 heteroatoms. The van der Waals surface area contributed by atoms with E-state index < -0.39 is 11.2 Å². The van der Waals surface area contributed by atoms with E-state index in [-0.39, 0.29) is 39.2 Å². The van der Waals surface area contributed by atoms with Gasteiger partial charge in [0.15, 0.2) is 34.2 Å². The van der Waals surface area contributed by atoms with Crippen molar-refractivity contribution < 1.29 is 28.8 Å². The van der Waals surface area contributed by atoms with Crippen molar-refractivity contribution in [1.82, 2.24) is 0 Å². The zero-order chi connectivity index (χ0) is 16.7. The molecule has 120 valence electrons. The van der Waals surface area contributed by atoms with Gasteiger partial charge in [-0.3, -0.25) is 4.79 Å². The number of fused-ring (bicyclic) bond motifs is 2. The highest BCUT2D eigenvalue weighted by atomic mass is 16.5. The molecule has 0 fully saturated rings. The molecule has 1 heterocycles. The Kier molecular flexibility index (Phi) is 3.40. The van der Waals surface area contributed by atoms with Gasteiger partial charge in [0.2, 0.25) is 11.2 Å². The summed E-state index contributed by atoms with van der Waals surface area (Å²) in [5, 5.41) is 20.3. The van der Waals surface area contributed by atoms with Gasteiger partial charge in [-0.05, 0) is 12.1 Å². The normalized spacial score (nSPS) is 10.9. The minimum atomic E-state index is -0.520. The number of aromatic hydroxyl groups is 2. The number of methoxy groups -OCH3 is 3. The van der Waals surface area contributed by atoms with E-state index in [2.05, 4.69) is 0 Å². The molecule has 0 aliphatic carbocycles. The molecule has 2 aromatic carbocycles. The average molecular weight is 318 g/mol. The second-order valence-electron chi connectivity index (χ2n) is 4.76. The van der Waals surface area contributed by atoms with E-state index in [4.69, 9.17) is 18.6 Å². The second kappa shape index (κ2) is 5.28. The predicted molar refractivity (Wildman–Crippen MR) is 83.0 cm³/mol. The lowest BCUT2D eigenvalue weighted by Gasteiger charge is -2.12. The van der Waals surface area contributed by atoms with Crippen molar-refractivity contribution in [3.8, 4) is 28.7 Å². The summed E-state index contributed by atoms with van der Waals surface area (Å²) in [5.74, 6) is -0.162. The first-order valence-electron chi connectivity index (χ1n) is 6.63. The van der Waals surface area contributed by atoms with Crippen LogP contribution in [0.1, 0.15) is 0 Å². The third-order valence-electron chi connectivity index (χ3n) is 3.59. The summed E-state index contributed by atoms with van der Waals surface area (Å²) in [6.07, 6.45) is 0. The van der Waals surface area contributed by atoms with Crippen molar-refractivity contribution in [3.05, 3.63) is 28.4 Å². The fraction of sp³-hybridized carbons (Fsp3) is 0.188. The van der Waals surface area contributed by atoms with Gasteiger partial charge in [0, 0.05) is 6.07 Å². The van der Waals surface area contributed by atoms with E-state index in [1.807, 2.05) is 0 Å². The largest absolute Gasteiger partial charge is 0.504 e. The summed E-state index contributed by atoms with van der Waals surface area (Å²) in [4.78, 5) is 12.7. The van der Waals surface area contributed by atoms with Crippen LogP contribution in [0.15, 0.2) is 27.4 Å². The SMILES string of the molecule is COc1ccc2c(=O)c3c(O)c(OC)cc(O)c3oc2c1OC. The van der Waals surface area contributed by atoms with Gasteiger partial charge < -0.3 is 28.8 Å². The number of phenolic OH excluding ortho intramolecular Hbond substituents is 2. The van der Waals surface area contributed by atoms with Gasteiger partial charge in [0.05, 0.1) is 26.7 Å². The Hall–Kier alpha value is -3.09. The molecule has 0 radical (unpaired) electrons. The van der Waals surface area contributed by atoms with Crippen molar-refractivity contribution in [2.75, 3.05) is 21.3 Å². The molecule has 0 saturated carbocycles. The first-order chi connectivity index (χ1) is 11.0. The maximum Gasteiger partial charge on any atom is 0.204 e. The maximum absolute atomic E-state index is 12.7. The second-order valence-corrected chi connectivity index (χ2v) is 4.76. The minimum Gasteiger partial charge on any atom is -0.504 e.